The summed E-state index contributed by atoms with van der Waals surface area (Å²) in [6.45, 7) is 1.93. The van der Waals surface area contributed by atoms with Crippen LogP contribution >= 0.6 is 11.3 Å². The minimum atomic E-state index is -0.912. The van der Waals surface area contributed by atoms with Crippen LogP contribution in [0.15, 0.2) is 11.4 Å². The Morgan fingerprint density at radius 1 is 1.47 bits per heavy atom. The second kappa shape index (κ2) is 4.63. The summed E-state index contributed by atoms with van der Waals surface area (Å²) in [4.78, 5) is 26.1. The molecule has 2 fully saturated rings. The highest BCUT2D eigenvalue weighted by Crippen LogP contribution is 2.51. The number of nitrogens with zero attached hydrogens (tertiary/aromatic N) is 1. The van der Waals surface area contributed by atoms with Crippen molar-refractivity contribution in [3.05, 3.63) is 21.9 Å². The highest BCUT2D eigenvalue weighted by atomic mass is 32.1. The Bertz CT molecular complexity index is 521. The molecule has 2 aliphatic carbocycles. The smallest absolute Gasteiger partial charge is 0.323 e. The van der Waals surface area contributed by atoms with E-state index in [4.69, 9.17) is 5.11 Å². The Kier molecular flexibility index (Phi) is 3.09. The summed E-state index contributed by atoms with van der Waals surface area (Å²) >= 11 is 1.70. The van der Waals surface area contributed by atoms with E-state index >= 15 is 0 Å². The Morgan fingerprint density at radius 3 is 2.74 bits per heavy atom. The van der Waals surface area contributed by atoms with Crippen LogP contribution in [0.5, 0.6) is 0 Å². The maximum Gasteiger partial charge on any atom is 0.323 e. The summed E-state index contributed by atoms with van der Waals surface area (Å²) in [5, 5.41) is 11.0. The van der Waals surface area contributed by atoms with E-state index in [0.717, 1.165) is 19.3 Å². The van der Waals surface area contributed by atoms with Gasteiger partial charge < -0.3 is 10.0 Å². The number of carbonyl (C=O) groups excluding carboxylic acids is 1. The van der Waals surface area contributed by atoms with Crippen molar-refractivity contribution in [1.29, 1.82) is 0 Å². The fraction of sp³-hybridized carbons (Fsp3) is 0.571. The van der Waals surface area contributed by atoms with E-state index in [9.17, 15) is 9.59 Å². The van der Waals surface area contributed by atoms with Gasteiger partial charge in [-0.05, 0) is 43.2 Å². The second-order valence-corrected chi connectivity index (χ2v) is 6.46. The number of rotatable bonds is 5. The Balaban J connectivity index is 1.68. The molecule has 0 aromatic carbocycles. The van der Waals surface area contributed by atoms with Gasteiger partial charge in [-0.1, -0.05) is 0 Å². The number of hydrogen-bond acceptors (Lipinski definition) is 3. The maximum absolute atomic E-state index is 12.4. The van der Waals surface area contributed by atoms with Gasteiger partial charge in [0.05, 0.1) is 0 Å². The molecule has 4 nitrogen and oxygen atoms in total. The van der Waals surface area contributed by atoms with Crippen LogP contribution in [-0.2, 0) is 9.59 Å². The van der Waals surface area contributed by atoms with Gasteiger partial charge in [0.2, 0.25) is 5.91 Å². The van der Waals surface area contributed by atoms with Crippen LogP contribution in [0.2, 0.25) is 0 Å². The first kappa shape index (κ1) is 12.7. The molecule has 1 N–H and O–H groups in total. The summed E-state index contributed by atoms with van der Waals surface area (Å²) in [7, 11) is 0. The third-order valence-electron chi connectivity index (χ3n) is 3.92. The maximum atomic E-state index is 12.4. The largest absolute Gasteiger partial charge is 0.480 e. The zero-order valence-corrected chi connectivity index (χ0v) is 11.7. The first-order chi connectivity index (χ1) is 9.08. The third kappa shape index (κ3) is 2.52. The lowest BCUT2D eigenvalue weighted by atomic mass is 10.2. The SMILES string of the molecule is Cc1ccsc1C1CC1C(=O)N(CC(=O)O)C1CC1. The number of aryl methyl sites for hydroxylation is 1. The molecule has 3 rings (SSSR count). The van der Waals surface area contributed by atoms with Crippen LogP contribution in [0.25, 0.3) is 0 Å². The Hall–Kier alpha value is -1.36. The first-order valence-electron chi connectivity index (χ1n) is 6.64. The van der Waals surface area contributed by atoms with Gasteiger partial charge in [-0.25, -0.2) is 0 Å². The van der Waals surface area contributed by atoms with Gasteiger partial charge in [0.15, 0.2) is 0 Å². The number of carboxylic acids is 1. The molecule has 1 amide bonds. The topological polar surface area (TPSA) is 57.6 Å². The quantitative estimate of drug-likeness (QED) is 0.899. The molecule has 2 unspecified atom stereocenters. The molecule has 0 spiro atoms. The fourth-order valence-electron chi connectivity index (χ4n) is 2.65. The minimum absolute atomic E-state index is 0.0114. The van der Waals surface area contributed by atoms with Crippen molar-refractivity contribution in [2.24, 2.45) is 5.92 Å². The predicted molar refractivity (Wildman–Crippen MR) is 72.3 cm³/mol. The van der Waals surface area contributed by atoms with E-state index < -0.39 is 5.97 Å². The number of amides is 1. The molecule has 0 aliphatic heterocycles. The average Bonchev–Trinajstić information content (AvgIpc) is 3.25. The van der Waals surface area contributed by atoms with E-state index in [0.29, 0.717) is 5.92 Å². The van der Waals surface area contributed by atoms with Gasteiger partial charge in [0, 0.05) is 22.8 Å². The molecule has 0 radical (unpaired) electrons. The summed E-state index contributed by atoms with van der Waals surface area (Å²) in [6, 6.07) is 2.25. The summed E-state index contributed by atoms with van der Waals surface area (Å²) in [5.41, 5.74) is 1.25. The summed E-state index contributed by atoms with van der Waals surface area (Å²) < 4.78 is 0. The van der Waals surface area contributed by atoms with E-state index in [2.05, 4.69) is 18.4 Å². The summed E-state index contributed by atoms with van der Waals surface area (Å²) in [5.74, 6) is -0.535. The van der Waals surface area contributed by atoms with Gasteiger partial charge in [-0.2, -0.15) is 0 Å². The van der Waals surface area contributed by atoms with Gasteiger partial charge in [-0.15, -0.1) is 11.3 Å². The van der Waals surface area contributed by atoms with Crippen molar-refractivity contribution in [1.82, 2.24) is 4.90 Å². The van der Waals surface area contributed by atoms with E-state index in [-0.39, 0.29) is 24.4 Å². The number of thiophene rings is 1. The van der Waals surface area contributed by atoms with Crippen LogP contribution in [0.3, 0.4) is 0 Å². The average molecular weight is 279 g/mol. The molecule has 1 aromatic heterocycles. The van der Waals surface area contributed by atoms with Crippen LogP contribution in [0.4, 0.5) is 0 Å². The zero-order valence-electron chi connectivity index (χ0n) is 10.8. The Morgan fingerprint density at radius 2 is 2.21 bits per heavy atom. The van der Waals surface area contributed by atoms with Gasteiger partial charge in [0.1, 0.15) is 6.54 Å². The van der Waals surface area contributed by atoms with Crippen molar-refractivity contribution in [2.45, 2.75) is 38.1 Å². The van der Waals surface area contributed by atoms with Crippen LogP contribution in [-0.4, -0.2) is 34.5 Å². The van der Waals surface area contributed by atoms with E-state index in [1.807, 2.05) is 0 Å². The summed E-state index contributed by atoms with van der Waals surface area (Å²) in [6.07, 6.45) is 2.78. The fourth-order valence-corrected chi connectivity index (χ4v) is 3.76. The third-order valence-corrected chi connectivity index (χ3v) is 5.07. The normalized spacial score (nSPS) is 25.1. The Labute approximate surface area is 116 Å². The highest BCUT2D eigenvalue weighted by molar-refractivity contribution is 7.10. The molecule has 0 saturated heterocycles. The van der Waals surface area contributed by atoms with Gasteiger partial charge >= 0.3 is 5.97 Å². The van der Waals surface area contributed by atoms with Crippen molar-refractivity contribution >= 4 is 23.2 Å². The van der Waals surface area contributed by atoms with Crippen molar-refractivity contribution in [3.63, 3.8) is 0 Å². The predicted octanol–water partition coefficient (Wildman–Crippen LogP) is 2.24. The van der Waals surface area contributed by atoms with E-state index in [1.165, 1.54) is 10.4 Å². The van der Waals surface area contributed by atoms with Crippen molar-refractivity contribution in [2.75, 3.05) is 6.54 Å². The minimum Gasteiger partial charge on any atom is -0.480 e. The molecule has 102 valence electrons. The standard InChI is InChI=1S/C14H17NO3S/c1-8-4-5-19-13(8)10-6-11(10)14(18)15(7-12(16)17)9-2-3-9/h4-5,9-11H,2-3,6-7H2,1H3,(H,16,17). The first-order valence-corrected chi connectivity index (χ1v) is 7.52. The lowest BCUT2D eigenvalue weighted by Gasteiger charge is -2.20. The second-order valence-electron chi connectivity index (χ2n) is 5.51. The number of carboxylic acid groups (broad SMARTS) is 1. The van der Waals surface area contributed by atoms with Crippen molar-refractivity contribution in [3.8, 4) is 0 Å². The molecule has 1 heterocycles. The molecular formula is C14H17NO3S. The highest BCUT2D eigenvalue weighted by Gasteiger charge is 2.49. The molecule has 5 heteroatoms. The van der Waals surface area contributed by atoms with E-state index in [1.54, 1.807) is 16.2 Å². The molecule has 2 atom stereocenters. The molecule has 2 aliphatic rings. The van der Waals surface area contributed by atoms with Gasteiger partial charge in [-0.3, -0.25) is 9.59 Å². The van der Waals surface area contributed by atoms with Crippen LogP contribution < -0.4 is 0 Å². The molecule has 19 heavy (non-hydrogen) atoms. The van der Waals surface area contributed by atoms with Crippen LogP contribution in [0.1, 0.15) is 35.6 Å². The molecular weight excluding hydrogens is 262 g/mol. The monoisotopic (exact) mass is 279 g/mol. The number of carbonyl (C=O) groups is 2. The lowest BCUT2D eigenvalue weighted by Crippen LogP contribution is -2.38. The van der Waals surface area contributed by atoms with Crippen LogP contribution in [0, 0.1) is 12.8 Å². The molecule has 2 saturated carbocycles. The lowest BCUT2D eigenvalue weighted by molar-refractivity contribution is -0.145. The number of aliphatic carboxylic acids is 1. The van der Waals surface area contributed by atoms with Crippen molar-refractivity contribution < 1.29 is 14.7 Å². The number of hydrogen-bond donors (Lipinski definition) is 1. The van der Waals surface area contributed by atoms with Gasteiger partial charge in [0.25, 0.3) is 0 Å². The molecule has 1 aromatic rings. The molecule has 0 bridgehead atoms. The zero-order chi connectivity index (χ0) is 13.6.